The van der Waals surface area contributed by atoms with Gasteiger partial charge in [-0.3, -0.25) is 24.0 Å². The molecule has 0 radical (unpaired) electrons. The molecule has 5 atom stereocenters. The zero-order valence-corrected chi connectivity index (χ0v) is 17.8. The molecule has 10 N–H and O–H groups in total. The summed E-state index contributed by atoms with van der Waals surface area (Å²) in [5.74, 6) is -5.48. The molecule has 0 saturated heterocycles. The number of hydrogen-bond acceptors (Lipinski definition) is 7. The average Bonchev–Trinajstić information content (AvgIpc) is 2.66. The predicted octanol–water partition coefficient (Wildman–Crippen LogP) is -2.94. The van der Waals surface area contributed by atoms with Gasteiger partial charge in [0.25, 0.3) is 0 Å². The lowest BCUT2D eigenvalue weighted by Gasteiger charge is -2.27. The zero-order chi connectivity index (χ0) is 24.3. The van der Waals surface area contributed by atoms with Gasteiger partial charge in [-0.2, -0.15) is 0 Å². The fourth-order valence-corrected chi connectivity index (χ4v) is 2.48. The lowest BCUT2D eigenvalue weighted by atomic mass is 9.97. The van der Waals surface area contributed by atoms with Crippen LogP contribution in [0.4, 0.5) is 0 Å². The van der Waals surface area contributed by atoms with Crippen LogP contribution >= 0.6 is 0 Å². The van der Waals surface area contributed by atoms with Crippen molar-refractivity contribution >= 4 is 35.5 Å². The van der Waals surface area contributed by atoms with E-state index >= 15 is 0 Å². The highest BCUT2D eigenvalue weighted by Gasteiger charge is 2.31. The summed E-state index contributed by atoms with van der Waals surface area (Å²) in [7, 11) is 0. The third kappa shape index (κ3) is 10.4. The van der Waals surface area contributed by atoms with Crippen LogP contribution in [0.1, 0.15) is 46.5 Å². The standard InChI is InChI=1S/C18H32N6O7/c1-4-8(2)14(17(29)23-11(18(30)31)5-6-12(20)25)24-15(27)9(3)22-16(28)10(19)7-13(21)26/h8-11,14H,4-7,19H2,1-3H3,(H2,20,25)(H2,21,26)(H,22,28)(H,23,29)(H,24,27)(H,30,31). The van der Waals surface area contributed by atoms with Gasteiger partial charge in [-0.25, -0.2) is 4.79 Å². The molecule has 0 spiro atoms. The van der Waals surface area contributed by atoms with Gasteiger partial charge in [0.05, 0.1) is 12.5 Å². The second-order valence-corrected chi connectivity index (χ2v) is 7.28. The summed E-state index contributed by atoms with van der Waals surface area (Å²) in [6.07, 6.45) is -0.379. The Kier molecular flexibility index (Phi) is 11.8. The van der Waals surface area contributed by atoms with Crippen LogP contribution in [0.25, 0.3) is 0 Å². The van der Waals surface area contributed by atoms with Gasteiger partial charge in [0.15, 0.2) is 0 Å². The molecule has 13 nitrogen and oxygen atoms in total. The molecular formula is C18H32N6O7. The number of hydrogen-bond donors (Lipinski definition) is 7. The van der Waals surface area contributed by atoms with Crippen molar-refractivity contribution in [3.8, 4) is 0 Å². The molecule has 0 heterocycles. The maximum atomic E-state index is 12.6. The van der Waals surface area contributed by atoms with E-state index in [0.29, 0.717) is 6.42 Å². The van der Waals surface area contributed by atoms with E-state index in [1.807, 2.05) is 0 Å². The van der Waals surface area contributed by atoms with Crippen molar-refractivity contribution in [1.82, 2.24) is 16.0 Å². The van der Waals surface area contributed by atoms with Crippen molar-refractivity contribution < 1.29 is 33.9 Å². The molecule has 0 aliphatic rings. The van der Waals surface area contributed by atoms with Crippen LogP contribution in [0.2, 0.25) is 0 Å². The summed E-state index contributed by atoms with van der Waals surface area (Å²) in [5, 5.41) is 16.3. The molecule has 0 aromatic carbocycles. The summed E-state index contributed by atoms with van der Waals surface area (Å²) in [6.45, 7) is 4.80. The highest BCUT2D eigenvalue weighted by atomic mass is 16.4. The Balaban J connectivity index is 5.18. The molecule has 5 unspecified atom stereocenters. The minimum atomic E-state index is -1.37. The van der Waals surface area contributed by atoms with E-state index in [0.717, 1.165) is 0 Å². The quantitative estimate of drug-likeness (QED) is 0.146. The number of carboxylic acid groups (broad SMARTS) is 1. The lowest BCUT2D eigenvalue weighted by Crippen LogP contribution is -2.58. The zero-order valence-electron chi connectivity index (χ0n) is 17.8. The number of carboxylic acids is 1. The van der Waals surface area contributed by atoms with Crippen LogP contribution in [0.5, 0.6) is 0 Å². The minimum absolute atomic E-state index is 0.207. The maximum absolute atomic E-state index is 12.6. The molecule has 0 fully saturated rings. The van der Waals surface area contributed by atoms with E-state index in [1.54, 1.807) is 13.8 Å². The minimum Gasteiger partial charge on any atom is -0.480 e. The number of primary amides is 2. The highest BCUT2D eigenvalue weighted by Crippen LogP contribution is 2.10. The molecule has 0 aromatic rings. The molecule has 0 aliphatic heterocycles. The van der Waals surface area contributed by atoms with Crippen LogP contribution in [0.15, 0.2) is 0 Å². The van der Waals surface area contributed by atoms with Crippen LogP contribution in [-0.4, -0.2) is 64.8 Å². The fourth-order valence-electron chi connectivity index (χ4n) is 2.48. The van der Waals surface area contributed by atoms with Gasteiger partial charge in [0.2, 0.25) is 29.5 Å². The molecule has 0 aromatic heterocycles. The van der Waals surface area contributed by atoms with Crippen molar-refractivity contribution in [3.05, 3.63) is 0 Å². The largest absolute Gasteiger partial charge is 0.480 e. The van der Waals surface area contributed by atoms with E-state index in [1.165, 1.54) is 6.92 Å². The summed E-state index contributed by atoms with van der Waals surface area (Å²) in [5.41, 5.74) is 15.5. The first-order valence-corrected chi connectivity index (χ1v) is 9.76. The molecule has 0 bridgehead atoms. The Morgan fingerprint density at radius 1 is 0.871 bits per heavy atom. The van der Waals surface area contributed by atoms with E-state index in [4.69, 9.17) is 17.2 Å². The lowest BCUT2D eigenvalue weighted by molar-refractivity contribution is -0.143. The van der Waals surface area contributed by atoms with Crippen molar-refractivity contribution in [2.75, 3.05) is 0 Å². The van der Waals surface area contributed by atoms with Crippen molar-refractivity contribution in [3.63, 3.8) is 0 Å². The van der Waals surface area contributed by atoms with Crippen molar-refractivity contribution in [1.29, 1.82) is 0 Å². The van der Waals surface area contributed by atoms with Gasteiger partial charge in [-0.1, -0.05) is 20.3 Å². The van der Waals surface area contributed by atoms with Gasteiger partial charge >= 0.3 is 5.97 Å². The van der Waals surface area contributed by atoms with Crippen LogP contribution in [-0.2, 0) is 28.8 Å². The summed E-state index contributed by atoms with van der Waals surface area (Å²) in [4.78, 5) is 70.2. The topological polar surface area (TPSA) is 237 Å². The van der Waals surface area contributed by atoms with Crippen molar-refractivity contribution in [2.24, 2.45) is 23.1 Å². The third-order valence-corrected chi connectivity index (χ3v) is 4.60. The Hall–Kier alpha value is -3.22. The van der Waals surface area contributed by atoms with Gasteiger partial charge < -0.3 is 38.3 Å². The van der Waals surface area contributed by atoms with Gasteiger partial charge in [0, 0.05) is 6.42 Å². The first-order chi connectivity index (χ1) is 14.3. The summed E-state index contributed by atoms with van der Waals surface area (Å²) < 4.78 is 0. The van der Waals surface area contributed by atoms with Crippen molar-refractivity contribution in [2.45, 2.75) is 70.6 Å². The molecule has 176 valence electrons. The van der Waals surface area contributed by atoms with Crippen LogP contribution in [0.3, 0.4) is 0 Å². The van der Waals surface area contributed by atoms with Gasteiger partial charge in [-0.05, 0) is 19.3 Å². The van der Waals surface area contributed by atoms with Crippen LogP contribution < -0.4 is 33.2 Å². The molecule has 31 heavy (non-hydrogen) atoms. The third-order valence-electron chi connectivity index (χ3n) is 4.60. The van der Waals surface area contributed by atoms with Crippen LogP contribution in [0, 0.1) is 5.92 Å². The Morgan fingerprint density at radius 3 is 1.90 bits per heavy atom. The number of amides is 5. The van der Waals surface area contributed by atoms with E-state index in [2.05, 4.69) is 16.0 Å². The smallest absolute Gasteiger partial charge is 0.326 e. The fraction of sp³-hybridized carbons (Fsp3) is 0.667. The Morgan fingerprint density at radius 2 is 1.45 bits per heavy atom. The number of carbonyl (C=O) groups is 6. The molecule has 5 amide bonds. The normalized spacial score (nSPS) is 15.5. The second-order valence-electron chi connectivity index (χ2n) is 7.28. The van der Waals surface area contributed by atoms with Gasteiger partial charge in [-0.15, -0.1) is 0 Å². The van der Waals surface area contributed by atoms with Gasteiger partial charge in [0.1, 0.15) is 18.1 Å². The van der Waals surface area contributed by atoms with E-state index in [-0.39, 0.29) is 18.8 Å². The summed E-state index contributed by atoms with van der Waals surface area (Å²) >= 11 is 0. The number of nitrogens with two attached hydrogens (primary N) is 3. The predicted molar refractivity (Wildman–Crippen MR) is 109 cm³/mol. The molecule has 0 saturated carbocycles. The molecular weight excluding hydrogens is 412 g/mol. The number of rotatable bonds is 14. The Bertz CT molecular complexity index is 699. The monoisotopic (exact) mass is 444 g/mol. The first kappa shape index (κ1) is 27.8. The second kappa shape index (κ2) is 13.2. The number of nitrogens with one attached hydrogen (secondary N) is 3. The number of aliphatic carboxylic acids is 1. The first-order valence-electron chi connectivity index (χ1n) is 9.76. The highest BCUT2D eigenvalue weighted by molar-refractivity contribution is 5.95. The summed E-state index contributed by atoms with van der Waals surface area (Å²) in [6, 6.07) is -4.81. The molecule has 13 heteroatoms. The van der Waals surface area contributed by atoms with E-state index < -0.39 is 66.1 Å². The average molecular weight is 444 g/mol. The maximum Gasteiger partial charge on any atom is 0.326 e. The number of carbonyl (C=O) groups excluding carboxylic acids is 5. The molecule has 0 rings (SSSR count). The SMILES string of the molecule is CCC(C)C(NC(=O)C(C)NC(=O)C(N)CC(N)=O)C(=O)NC(CCC(N)=O)C(=O)O. The Labute approximate surface area is 179 Å². The molecule has 0 aliphatic carbocycles. The van der Waals surface area contributed by atoms with E-state index in [9.17, 15) is 33.9 Å².